The maximum Gasteiger partial charge on any atom is 0.0648 e. The van der Waals surface area contributed by atoms with Crippen LogP contribution in [0.25, 0.3) is 0 Å². The van der Waals surface area contributed by atoms with Gasteiger partial charge in [-0.15, -0.1) is 6.58 Å². The lowest BCUT2D eigenvalue weighted by Crippen LogP contribution is -2.23. The van der Waals surface area contributed by atoms with Gasteiger partial charge in [0.15, 0.2) is 0 Å². The molecule has 100 valence electrons. The smallest absolute Gasteiger partial charge is 0.0648 e. The van der Waals surface area contributed by atoms with E-state index in [2.05, 4.69) is 35.1 Å². The second-order valence-electron chi connectivity index (χ2n) is 4.75. The summed E-state index contributed by atoms with van der Waals surface area (Å²) in [6.45, 7) is 11.0. The molecule has 1 N–H and O–H groups in total. The number of unbranched alkanes of at least 4 members (excludes halogenated alkanes) is 1. The Kier molecular flexibility index (Phi) is 6.58. The lowest BCUT2D eigenvalue weighted by molar-refractivity contribution is 0.481. The van der Waals surface area contributed by atoms with Gasteiger partial charge in [-0.1, -0.05) is 13.0 Å². The van der Waals surface area contributed by atoms with Crippen molar-refractivity contribution in [2.24, 2.45) is 0 Å². The van der Waals surface area contributed by atoms with Gasteiger partial charge in [0.1, 0.15) is 0 Å². The van der Waals surface area contributed by atoms with Gasteiger partial charge in [-0.2, -0.15) is 10.2 Å². The first kappa shape index (κ1) is 14.8. The number of aryl methyl sites for hydroxylation is 2. The minimum atomic E-state index is 0.388. The quantitative estimate of drug-likeness (QED) is 0.564. The summed E-state index contributed by atoms with van der Waals surface area (Å²) in [5.41, 5.74) is 3.32. The van der Waals surface area contributed by atoms with Gasteiger partial charge in [-0.25, -0.2) is 0 Å². The van der Waals surface area contributed by atoms with E-state index in [1.165, 1.54) is 5.56 Å². The molecular formula is C15H25N3. The number of nitrogens with one attached hydrogen (secondary N) is 1. The molecule has 0 fully saturated rings. The molecule has 0 saturated carbocycles. The molecular weight excluding hydrogens is 222 g/mol. The summed E-state index contributed by atoms with van der Waals surface area (Å²) in [4.78, 5) is 0. The lowest BCUT2D eigenvalue weighted by Gasteiger charge is -2.20. The van der Waals surface area contributed by atoms with E-state index in [4.69, 9.17) is 0 Å². The van der Waals surface area contributed by atoms with E-state index >= 15 is 0 Å². The number of aromatic nitrogens is 2. The molecule has 0 amide bonds. The minimum Gasteiger partial charge on any atom is -0.310 e. The van der Waals surface area contributed by atoms with Gasteiger partial charge in [0, 0.05) is 6.04 Å². The molecule has 0 saturated heterocycles. The Labute approximate surface area is 111 Å². The van der Waals surface area contributed by atoms with Crippen LogP contribution in [0.15, 0.2) is 18.7 Å². The summed E-state index contributed by atoms with van der Waals surface area (Å²) in [7, 11) is 0. The SMILES string of the molecule is C=CCCCC(NCCC)c1cc(C)nnc1C. The maximum atomic E-state index is 4.23. The van der Waals surface area contributed by atoms with Crippen LogP contribution in [0.5, 0.6) is 0 Å². The molecule has 1 atom stereocenters. The molecule has 1 heterocycles. The fourth-order valence-corrected chi connectivity index (χ4v) is 2.08. The first-order valence-corrected chi connectivity index (χ1v) is 6.84. The third-order valence-electron chi connectivity index (χ3n) is 3.06. The summed E-state index contributed by atoms with van der Waals surface area (Å²) >= 11 is 0. The molecule has 0 aliphatic heterocycles. The van der Waals surface area contributed by atoms with E-state index in [0.29, 0.717) is 6.04 Å². The highest BCUT2D eigenvalue weighted by Gasteiger charge is 2.14. The zero-order valence-electron chi connectivity index (χ0n) is 11.9. The molecule has 0 spiro atoms. The molecule has 18 heavy (non-hydrogen) atoms. The first-order chi connectivity index (χ1) is 8.69. The van der Waals surface area contributed by atoms with E-state index in [1.54, 1.807) is 0 Å². The van der Waals surface area contributed by atoms with Crippen LogP contribution in [-0.2, 0) is 0 Å². The van der Waals surface area contributed by atoms with Crippen LogP contribution in [0.3, 0.4) is 0 Å². The van der Waals surface area contributed by atoms with Crippen molar-refractivity contribution in [2.45, 2.75) is 52.5 Å². The number of allylic oxidation sites excluding steroid dienone is 1. The Morgan fingerprint density at radius 2 is 2.17 bits per heavy atom. The Morgan fingerprint density at radius 1 is 1.39 bits per heavy atom. The van der Waals surface area contributed by atoms with Gasteiger partial charge in [-0.05, 0) is 57.7 Å². The van der Waals surface area contributed by atoms with E-state index in [9.17, 15) is 0 Å². The van der Waals surface area contributed by atoms with Crippen LogP contribution in [-0.4, -0.2) is 16.7 Å². The highest BCUT2D eigenvalue weighted by atomic mass is 15.1. The standard InChI is InChI=1S/C15H25N3/c1-5-7-8-9-15(16-10-6-2)14-11-12(3)17-18-13(14)4/h5,11,15-16H,1,6-10H2,2-4H3. The summed E-state index contributed by atoms with van der Waals surface area (Å²) in [5.74, 6) is 0. The molecule has 3 nitrogen and oxygen atoms in total. The average molecular weight is 247 g/mol. The van der Waals surface area contributed by atoms with Gasteiger partial charge < -0.3 is 5.32 Å². The van der Waals surface area contributed by atoms with Gasteiger partial charge in [0.2, 0.25) is 0 Å². The van der Waals surface area contributed by atoms with Crippen molar-refractivity contribution < 1.29 is 0 Å². The van der Waals surface area contributed by atoms with E-state index in [1.807, 2.05) is 19.9 Å². The van der Waals surface area contributed by atoms with Crippen molar-refractivity contribution in [3.63, 3.8) is 0 Å². The molecule has 0 bridgehead atoms. The summed E-state index contributed by atoms with van der Waals surface area (Å²) in [5, 5.41) is 11.9. The van der Waals surface area contributed by atoms with E-state index in [-0.39, 0.29) is 0 Å². The largest absolute Gasteiger partial charge is 0.310 e. The Bertz CT molecular complexity index is 374. The zero-order chi connectivity index (χ0) is 13.4. The lowest BCUT2D eigenvalue weighted by atomic mass is 9.99. The van der Waals surface area contributed by atoms with Gasteiger partial charge in [-0.3, -0.25) is 0 Å². The van der Waals surface area contributed by atoms with Crippen molar-refractivity contribution in [1.82, 2.24) is 15.5 Å². The van der Waals surface area contributed by atoms with E-state index < -0.39 is 0 Å². The average Bonchev–Trinajstić information content (AvgIpc) is 2.37. The highest BCUT2D eigenvalue weighted by Crippen LogP contribution is 2.22. The summed E-state index contributed by atoms with van der Waals surface area (Å²) in [6, 6.07) is 2.54. The monoisotopic (exact) mass is 247 g/mol. The van der Waals surface area contributed by atoms with Crippen LogP contribution in [0, 0.1) is 13.8 Å². The fourth-order valence-electron chi connectivity index (χ4n) is 2.08. The molecule has 0 aliphatic carbocycles. The normalized spacial score (nSPS) is 12.4. The number of nitrogens with zero attached hydrogens (tertiary/aromatic N) is 2. The molecule has 1 rings (SSSR count). The summed E-state index contributed by atoms with van der Waals surface area (Å²) in [6.07, 6.45) is 6.48. The number of rotatable bonds is 8. The number of hydrogen-bond donors (Lipinski definition) is 1. The van der Waals surface area contributed by atoms with Gasteiger partial charge >= 0.3 is 0 Å². The van der Waals surface area contributed by atoms with Crippen molar-refractivity contribution in [2.75, 3.05) is 6.54 Å². The third kappa shape index (κ3) is 4.57. The summed E-state index contributed by atoms with van der Waals surface area (Å²) < 4.78 is 0. The fraction of sp³-hybridized carbons (Fsp3) is 0.600. The highest BCUT2D eigenvalue weighted by molar-refractivity contribution is 5.23. The zero-order valence-corrected chi connectivity index (χ0v) is 11.9. The van der Waals surface area contributed by atoms with E-state index in [0.717, 1.165) is 43.6 Å². The van der Waals surface area contributed by atoms with Gasteiger partial charge in [0.05, 0.1) is 11.4 Å². The Morgan fingerprint density at radius 3 is 2.83 bits per heavy atom. The predicted molar refractivity (Wildman–Crippen MR) is 76.6 cm³/mol. The van der Waals surface area contributed by atoms with Crippen molar-refractivity contribution >= 4 is 0 Å². The Balaban J connectivity index is 2.78. The first-order valence-electron chi connectivity index (χ1n) is 6.84. The Hall–Kier alpha value is -1.22. The minimum absolute atomic E-state index is 0.388. The second-order valence-corrected chi connectivity index (χ2v) is 4.75. The molecule has 0 aliphatic rings. The molecule has 0 aromatic carbocycles. The van der Waals surface area contributed by atoms with Crippen LogP contribution in [0.1, 0.15) is 55.6 Å². The number of hydrogen-bond acceptors (Lipinski definition) is 3. The maximum absolute atomic E-state index is 4.23. The molecule has 1 aromatic heterocycles. The molecule has 1 aromatic rings. The van der Waals surface area contributed by atoms with Crippen LogP contribution >= 0.6 is 0 Å². The van der Waals surface area contributed by atoms with Crippen molar-refractivity contribution in [3.8, 4) is 0 Å². The topological polar surface area (TPSA) is 37.8 Å². The van der Waals surface area contributed by atoms with Crippen LogP contribution < -0.4 is 5.32 Å². The van der Waals surface area contributed by atoms with Gasteiger partial charge in [0.25, 0.3) is 0 Å². The predicted octanol–water partition coefficient (Wildman–Crippen LogP) is 3.49. The third-order valence-corrected chi connectivity index (χ3v) is 3.06. The molecule has 1 unspecified atom stereocenters. The second kappa shape index (κ2) is 7.98. The molecule has 0 radical (unpaired) electrons. The van der Waals surface area contributed by atoms with Crippen molar-refractivity contribution in [3.05, 3.63) is 35.7 Å². The van der Waals surface area contributed by atoms with Crippen molar-refractivity contribution in [1.29, 1.82) is 0 Å². The van der Waals surface area contributed by atoms with Crippen LogP contribution in [0.2, 0.25) is 0 Å². The molecule has 3 heteroatoms. The van der Waals surface area contributed by atoms with Crippen LogP contribution in [0.4, 0.5) is 0 Å².